The van der Waals surface area contributed by atoms with Gasteiger partial charge in [0, 0.05) is 19.5 Å². The van der Waals surface area contributed by atoms with E-state index in [0.717, 1.165) is 11.1 Å². The first-order valence-electron chi connectivity index (χ1n) is 4.34. The average Bonchev–Trinajstić information content (AvgIpc) is 2.23. The van der Waals surface area contributed by atoms with Crippen LogP contribution in [-0.2, 0) is 0 Å². The third kappa shape index (κ3) is 4.36. The zero-order valence-electron chi connectivity index (χ0n) is 8.77. The Morgan fingerprint density at radius 1 is 1.29 bits per heavy atom. The first-order valence-corrected chi connectivity index (χ1v) is 4.34. The molecule has 0 heterocycles. The van der Waals surface area contributed by atoms with Gasteiger partial charge in [-0.25, -0.2) is 0 Å². The van der Waals surface area contributed by atoms with Gasteiger partial charge in [-0.1, -0.05) is 18.7 Å². The molecule has 0 rings (SSSR count). The molecule has 0 aliphatic rings. The van der Waals surface area contributed by atoms with Gasteiger partial charge in [0.15, 0.2) is 0 Å². The molecule has 0 N–H and O–H groups in total. The highest BCUT2D eigenvalue weighted by molar-refractivity contribution is 5.75. The Hall–Kier alpha value is -1.70. The van der Waals surface area contributed by atoms with Crippen LogP contribution in [0.4, 0.5) is 0 Å². The molecule has 0 bridgehead atoms. The van der Waals surface area contributed by atoms with Gasteiger partial charge in [0.25, 0.3) is 0 Å². The van der Waals surface area contributed by atoms with Gasteiger partial charge in [0.05, 0.1) is 0 Å². The number of aliphatic imine (C=N–C) groups is 2. The normalized spacial score (nSPS) is 13.9. The summed E-state index contributed by atoms with van der Waals surface area (Å²) in [5.41, 5.74) is 2.06. The Kier molecular flexibility index (Phi) is 6.96. The molecule has 0 saturated carbocycles. The summed E-state index contributed by atoms with van der Waals surface area (Å²) in [7, 11) is 1.73. The quantitative estimate of drug-likeness (QED) is 0.468. The van der Waals surface area contributed by atoms with E-state index in [-0.39, 0.29) is 0 Å². The minimum Gasteiger partial charge on any atom is -0.296 e. The van der Waals surface area contributed by atoms with Gasteiger partial charge in [-0.15, -0.1) is 0 Å². The van der Waals surface area contributed by atoms with Gasteiger partial charge < -0.3 is 0 Å². The van der Waals surface area contributed by atoms with E-state index in [1.54, 1.807) is 25.5 Å². The molecule has 0 aromatic heterocycles. The third-order valence-corrected chi connectivity index (χ3v) is 1.63. The maximum absolute atomic E-state index is 3.88. The van der Waals surface area contributed by atoms with Crippen LogP contribution in [0.25, 0.3) is 0 Å². The zero-order chi connectivity index (χ0) is 10.8. The lowest BCUT2D eigenvalue weighted by Crippen LogP contribution is -1.83. The van der Waals surface area contributed by atoms with E-state index in [4.69, 9.17) is 0 Å². The van der Waals surface area contributed by atoms with E-state index < -0.39 is 0 Å². The molecule has 0 fully saturated rings. The summed E-state index contributed by atoms with van der Waals surface area (Å²) >= 11 is 0. The molecule has 0 aromatic rings. The molecule has 74 valence electrons. The molecule has 0 atom stereocenters. The lowest BCUT2D eigenvalue weighted by molar-refractivity contribution is 1.45. The van der Waals surface area contributed by atoms with Gasteiger partial charge >= 0.3 is 0 Å². The van der Waals surface area contributed by atoms with Crippen LogP contribution in [0.15, 0.2) is 58.2 Å². The lowest BCUT2D eigenvalue weighted by Gasteiger charge is -2.00. The second kappa shape index (κ2) is 7.92. The van der Waals surface area contributed by atoms with Crippen molar-refractivity contribution in [3.8, 4) is 0 Å². The average molecular weight is 188 g/mol. The van der Waals surface area contributed by atoms with E-state index in [9.17, 15) is 0 Å². The summed E-state index contributed by atoms with van der Waals surface area (Å²) in [6.07, 6.45) is 10.9. The van der Waals surface area contributed by atoms with Gasteiger partial charge in [0.2, 0.25) is 0 Å². The molecule has 0 amide bonds. The maximum Gasteiger partial charge on any atom is 0.0277 e. The van der Waals surface area contributed by atoms with Crippen LogP contribution >= 0.6 is 0 Å². The molecular formula is C12H16N2. The fourth-order valence-corrected chi connectivity index (χ4v) is 0.929. The second-order valence-corrected chi connectivity index (χ2v) is 2.48. The van der Waals surface area contributed by atoms with Gasteiger partial charge in [-0.05, 0) is 36.9 Å². The molecule has 0 radical (unpaired) electrons. The minimum absolute atomic E-state index is 1.01. The lowest BCUT2D eigenvalue weighted by atomic mass is 10.1. The Balaban J connectivity index is 4.89. The molecular weight excluding hydrogens is 172 g/mol. The molecule has 2 heteroatoms. The van der Waals surface area contributed by atoms with Crippen molar-refractivity contribution in [2.24, 2.45) is 9.98 Å². The zero-order valence-corrected chi connectivity index (χ0v) is 8.77. The summed E-state index contributed by atoms with van der Waals surface area (Å²) in [6, 6.07) is 0. The van der Waals surface area contributed by atoms with E-state index in [1.807, 2.05) is 25.2 Å². The van der Waals surface area contributed by atoms with E-state index >= 15 is 0 Å². The highest BCUT2D eigenvalue weighted by atomic mass is 14.6. The molecule has 0 aromatic carbocycles. The monoisotopic (exact) mass is 188 g/mol. The molecule has 0 unspecified atom stereocenters. The number of hydrogen-bond donors (Lipinski definition) is 0. The SMILES string of the molecule is C=CC(=C\C=N/C)/C(/C=C\N=C)=C/C. The summed E-state index contributed by atoms with van der Waals surface area (Å²) in [5, 5.41) is 0. The first-order chi connectivity index (χ1) is 6.79. The van der Waals surface area contributed by atoms with Crippen LogP contribution in [0.1, 0.15) is 6.92 Å². The fourth-order valence-electron chi connectivity index (χ4n) is 0.929. The highest BCUT2D eigenvalue weighted by Gasteiger charge is 1.94. The summed E-state index contributed by atoms with van der Waals surface area (Å²) in [5.74, 6) is 0. The van der Waals surface area contributed by atoms with Crippen LogP contribution in [0.3, 0.4) is 0 Å². The molecule has 0 spiro atoms. The highest BCUT2D eigenvalue weighted by Crippen LogP contribution is 2.11. The van der Waals surface area contributed by atoms with Crippen molar-refractivity contribution in [1.82, 2.24) is 0 Å². The number of hydrogen-bond acceptors (Lipinski definition) is 2. The van der Waals surface area contributed by atoms with E-state index in [0.29, 0.717) is 0 Å². The molecule has 0 saturated heterocycles. The predicted molar refractivity (Wildman–Crippen MR) is 65.1 cm³/mol. The Bertz CT molecular complexity index is 304. The number of allylic oxidation sites excluding steroid dienone is 6. The first kappa shape index (κ1) is 12.3. The summed E-state index contributed by atoms with van der Waals surface area (Å²) in [6.45, 7) is 9.08. The van der Waals surface area contributed by atoms with Gasteiger partial charge in [-0.2, -0.15) is 0 Å². The van der Waals surface area contributed by atoms with E-state index in [1.165, 1.54) is 0 Å². The molecule has 0 aliphatic heterocycles. The van der Waals surface area contributed by atoms with Crippen LogP contribution in [0.2, 0.25) is 0 Å². The largest absolute Gasteiger partial charge is 0.296 e. The number of nitrogens with zero attached hydrogens (tertiary/aromatic N) is 2. The summed E-state index contributed by atoms with van der Waals surface area (Å²) < 4.78 is 0. The van der Waals surface area contributed by atoms with Crippen molar-refractivity contribution >= 4 is 12.9 Å². The van der Waals surface area contributed by atoms with Crippen LogP contribution in [0, 0.1) is 0 Å². The van der Waals surface area contributed by atoms with Gasteiger partial charge in [0.1, 0.15) is 0 Å². The van der Waals surface area contributed by atoms with Crippen LogP contribution in [0.5, 0.6) is 0 Å². The van der Waals surface area contributed by atoms with Crippen molar-refractivity contribution in [1.29, 1.82) is 0 Å². The summed E-state index contributed by atoms with van der Waals surface area (Å²) in [4.78, 5) is 7.54. The van der Waals surface area contributed by atoms with Crippen LogP contribution in [-0.4, -0.2) is 20.0 Å². The molecule has 14 heavy (non-hydrogen) atoms. The Morgan fingerprint density at radius 3 is 2.43 bits per heavy atom. The van der Waals surface area contributed by atoms with Crippen molar-refractivity contribution in [2.45, 2.75) is 6.92 Å². The second-order valence-electron chi connectivity index (χ2n) is 2.48. The predicted octanol–water partition coefficient (Wildman–Crippen LogP) is 2.96. The minimum atomic E-state index is 1.01. The van der Waals surface area contributed by atoms with E-state index in [2.05, 4.69) is 23.3 Å². The smallest absolute Gasteiger partial charge is 0.0277 e. The molecule has 0 aliphatic carbocycles. The van der Waals surface area contributed by atoms with Crippen LogP contribution < -0.4 is 0 Å². The van der Waals surface area contributed by atoms with Crippen molar-refractivity contribution in [3.05, 3.63) is 48.2 Å². The Morgan fingerprint density at radius 2 is 2.00 bits per heavy atom. The maximum atomic E-state index is 3.88. The Labute approximate surface area is 85.8 Å². The fraction of sp³-hybridized carbons (Fsp3) is 0.167. The van der Waals surface area contributed by atoms with Crippen molar-refractivity contribution < 1.29 is 0 Å². The number of rotatable bonds is 5. The topological polar surface area (TPSA) is 24.7 Å². The third-order valence-electron chi connectivity index (χ3n) is 1.63. The molecule has 2 nitrogen and oxygen atoms in total. The standard InChI is InChI=1S/C12H16N2/c1-5-11(7-9-13-3)12(6-2)8-10-14-4/h5-10H,1,4H2,2-3H3/b10-8-,11-7+,12-6+,13-9-. The van der Waals surface area contributed by atoms with Crippen molar-refractivity contribution in [2.75, 3.05) is 7.05 Å². The van der Waals surface area contributed by atoms with Gasteiger partial charge in [-0.3, -0.25) is 9.98 Å². The van der Waals surface area contributed by atoms with Crippen molar-refractivity contribution in [3.63, 3.8) is 0 Å².